The van der Waals surface area contributed by atoms with Crippen LogP contribution in [0, 0.1) is 13.8 Å². The third kappa shape index (κ3) is 5.23. The Morgan fingerprint density at radius 2 is 1.97 bits per heavy atom. The van der Waals surface area contributed by atoms with Gasteiger partial charge in [0, 0.05) is 23.3 Å². The first-order chi connectivity index (χ1) is 14.8. The molecule has 2 aliphatic rings. The average molecular weight is 447 g/mol. The van der Waals surface area contributed by atoms with Gasteiger partial charge in [-0.15, -0.1) is 0 Å². The van der Waals surface area contributed by atoms with Crippen LogP contribution in [-0.4, -0.2) is 54.5 Å². The zero-order valence-electron chi connectivity index (χ0n) is 17.7. The van der Waals surface area contributed by atoms with Gasteiger partial charge in [-0.25, -0.2) is 0 Å². The monoisotopic (exact) mass is 446 g/mol. The van der Waals surface area contributed by atoms with Crippen molar-refractivity contribution in [3.8, 4) is 17.2 Å². The molecule has 2 N–H and O–H groups in total. The lowest BCUT2D eigenvalue weighted by Crippen LogP contribution is -2.53. The highest BCUT2D eigenvalue weighted by atomic mass is 35.5. The molecule has 1 atom stereocenters. The predicted molar refractivity (Wildman–Crippen MR) is 118 cm³/mol. The Hall–Kier alpha value is -2.48. The molecule has 8 heteroatoms. The van der Waals surface area contributed by atoms with E-state index in [4.69, 9.17) is 25.8 Å². The molecule has 2 aromatic rings. The number of fused-ring (bicyclic) bond motifs is 1. The number of piperidine rings is 1. The number of halogens is 1. The smallest absolute Gasteiger partial charge is 0.238 e. The van der Waals surface area contributed by atoms with Crippen molar-refractivity contribution in [2.45, 2.75) is 32.3 Å². The summed E-state index contributed by atoms with van der Waals surface area (Å²) in [6.45, 7) is 5.51. The van der Waals surface area contributed by atoms with E-state index in [1.54, 1.807) is 18.2 Å². The normalized spacial score (nSPS) is 20.5. The molecular weight excluding hydrogens is 420 g/mol. The summed E-state index contributed by atoms with van der Waals surface area (Å²) in [4.78, 5) is 14.5. The van der Waals surface area contributed by atoms with Gasteiger partial charge in [-0.1, -0.05) is 11.6 Å². The Kier molecular flexibility index (Phi) is 6.27. The number of hydrogen-bond donors (Lipinski definition) is 2. The number of amides is 1. The standard InChI is InChI=1S/C23H27ClN2O5/c1-15-8-18(9-16(2)22(15)24)29-13-23(28)6-3-7-26(12-23)11-21(27)25-17-4-5-19-20(10-17)31-14-30-19/h4-5,8-10,28H,3,6-7,11-14H2,1-2H3,(H,25,27). The van der Waals surface area contributed by atoms with Gasteiger partial charge in [0.05, 0.1) is 6.54 Å². The van der Waals surface area contributed by atoms with Gasteiger partial charge in [-0.05, 0) is 68.6 Å². The summed E-state index contributed by atoms with van der Waals surface area (Å²) in [5.41, 5.74) is 1.51. The molecule has 1 saturated heterocycles. The van der Waals surface area contributed by atoms with Crippen LogP contribution in [0.1, 0.15) is 24.0 Å². The summed E-state index contributed by atoms with van der Waals surface area (Å²) < 4.78 is 16.5. The van der Waals surface area contributed by atoms with Crippen LogP contribution in [0.3, 0.4) is 0 Å². The lowest BCUT2D eigenvalue weighted by molar-refractivity contribution is -0.119. The van der Waals surface area contributed by atoms with Gasteiger partial charge >= 0.3 is 0 Å². The van der Waals surface area contributed by atoms with Gasteiger partial charge in [0.1, 0.15) is 18.0 Å². The minimum atomic E-state index is -1.02. The number of nitrogens with one attached hydrogen (secondary N) is 1. The highest BCUT2D eigenvalue weighted by Gasteiger charge is 2.35. The number of aliphatic hydroxyl groups is 1. The maximum absolute atomic E-state index is 12.5. The molecule has 0 aromatic heterocycles. The van der Waals surface area contributed by atoms with Crippen molar-refractivity contribution in [3.63, 3.8) is 0 Å². The largest absolute Gasteiger partial charge is 0.491 e. The minimum absolute atomic E-state index is 0.145. The Morgan fingerprint density at radius 3 is 2.74 bits per heavy atom. The van der Waals surface area contributed by atoms with E-state index >= 15 is 0 Å². The zero-order chi connectivity index (χ0) is 22.0. The number of rotatable bonds is 6. The third-order valence-corrected chi connectivity index (χ3v) is 6.17. The molecule has 31 heavy (non-hydrogen) atoms. The van der Waals surface area contributed by atoms with Gasteiger partial charge in [0.15, 0.2) is 11.5 Å². The van der Waals surface area contributed by atoms with Gasteiger partial charge in [0.25, 0.3) is 0 Å². The molecule has 1 fully saturated rings. The van der Waals surface area contributed by atoms with Crippen LogP contribution in [-0.2, 0) is 4.79 Å². The van der Waals surface area contributed by atoms with Crippen molar-refractivity contribution in [1.29, 1.82) is 0 Å². The fourth-order valence-electron chi connectivity index (χ4n) is 4.04. The fourth-order valence-corrected chi connectivity index (χ4v) is 4.15. The molecule has 0 saturated carbocycles. The topological polar surface area (TPSA) is 80.3 Å². The maximum Gasteiger partial charge on any atom is 0.238 e. The van der Waals surface area contributed by atoms with E-state index in [1.807, 2.05) is 30.9 Å². The summed E-state index contributed by atoms with van der Waals surface area (Å²) >= 11 is 6.22. The highest BCUT2D eigenvalue weighted by Crippen LogP contribution is 2.34. The number of nitrogens with zero attached hydrogens (tertiary/aromatic N) is 1. The zero-order valence-corrected chi connectivity index (χ0v) is 18.5. The molecule has 0 radical (unpaired) electrons. The van der Waals surface area contributed by atoms with Crippen molar-refractivity contribution < 1.29 is 24.1 Å². The molecular formula is C23H27ClN2O5. The van der Waals surface area contributed by atoms with E-state index in [1.165, 1.54) is 0 Å². The van der Waals surface area contributed by atoms with E-state index in [2.05, 4.69) is 5.32 Å². The summed E-state index contributed by atoms with van der Waals surface area (Å²) in [7, 11) is 0. The molecule has 1 amide bonds. The molecule has 4 rings (SSSR count). The van der Waals surface area contributed by atoms with Crippen LogP contribution in [0.5, 0.6) is 17.2 Å². The van der Waals surface area contributed by atoms with Crippen molar-refractivity contribution in [3.05, 3.63) is 46.5 Å². The summed E-state index contributed by atoms with van der Waals surface area (Å²) in [5.74, 6) is 1.83. The molecule has 7 nitrogen and oxygen atoms in total. The highest BCUT2D eigenvalue weighted by molar-refractivity contribution is 6.32. The first-order valence-corrected chi connectivity index (χ1v) is 10.7. The number of hydrogen-bond acceptors (Lipinski definition) is 6. The summed E-state index contributed by atoms with van der Waals surface area (Å²) in [5, 5.41) is 14.7. The van der Waals surface area contributed by atoms with Gasteiger partial charge < -0.3 is 24.6 Å². The molecule has 2 aliphatic heterocycles. The van der Waals surface area contributed by atoms with Crippen molar-refractivity contribution in [2.75, 3.05) is 38.4 Å². The fraction of sp³-hybridized carbons (Fsp3) is 0.435. The molecule has 1 unspecified atom stereocenters. The van der Waals surface area contributed by atoms with Crippen LogP contribution in [0.25, 0.3) is 0 Å². The second-order valence-electron chi connectivity index (χ2n) is 8.31. The Bertz CT molecular complexity index is 959. The van der Waals surface area contributed by atoms with Crippen LogP contribution >= 0.6 is 11.6 Å². The second-order valence-corrected chi connectivity index (χ2v) is 8.69. The first kappa shape index (κ1) is 21.7. The number of benzene rings is 2. The first-order valence-electron chi connectivity index (χ1n) is 10.4. The van der Waals surface area contributed by atoms with Crippen molar-refractivity contribution in [2.24, 2.45) is 0 Å². The summed E-state index contributed by atoms with van der Waals surface area (Å²) in [6.07, 6.45) is 1.41. The van der Waals surface area contributed by atoms with Crippen LogP contribution < -0.4 is 19.5 Å². The van der Waals surface area contributed by atoms with Crippen LogP contribution in [0.4, 0.5) is 5.69 Å². The van der Waals surface area contributed by atoms with Crippen LogP contribution in [0.15, 0.2) is 30.3 Å². The Morgan fingerprint density at radius 1 is 1.23 bits per heavy atom. The van der Waals surface area contributed by atoms with Gasteiger partial charge in [0.2, 0.25) is 12.7 Å². The number of β-amino-alcohol motifs (C(OH)–C–C–N with tert-alkyl or cyclic N) is 1. The lowest BCUT2D eigenvalue weighted by Gasteiger charge is -2.38. The average Bonchev–Trinajstić information content (AvgIpc) is 3.18. The van der Waals surface area contributed by atoms with E-state index in [0.717, 1.165) is 29.1 Å². The number of aryl methyl sites for hydroxylation is 2. The predicted octanol–water partition coefficient (Wildman–Crippen LogP) is 3.53. The molecule has 2 heterocycles. The SMILES string of the molecule is Cc1cc(OCC2(O)CCCN(CC(=O)Nc3ccc4c(c3)OCO4)C2)cc(C)c1Cl. The third-order valence-electron chi connectivity index (χ3n) is 5.58. The van der Waals surface area contributed by atoms with E-state index in [-0.39, 0.29) is 25.9 Å². The van der Waals surface area contributed by atoms with E-state index in [0.29, 0.717) is 35.9 Å². The van der Waals surface area contributed by atoms with Gasteiger partial charge in [-0.3, -0.25) is 9.69 Å². The number of carbonyl (C=O) groups is 1. The van der Waals surface area contributed by atoms with Crippen LogP contribution in [0.2, 0.25) is 5.02 Å². The minimum Gasteiger partial charge on any atom is -0.491 e. The van der Waals surface area contributed by atoms with E-state index < -0.39 is 5.60 Å². The number of likely N-dealkylation sites (tertiary alicyclic amines) is 1. The molecule has 2 aromatic carbocycles. The molecule has 0 aliphatic carbocycles. The Balaban J connectivity index is 1.31. The second kappa shape index (κ2) is 8.94. The van der Waals surface area contributed by atoms with Crippen molar-refractivity contribution >= 4 is 23.2 Å². The quantitative estimate of drug-likeness (QED) is 0.706. The van der Waals surface area contributed by atoms with Crippen molar-refractivity contribution in [1.82, 2.24) is 4.90 Å². The number of ether oxygens (including phenoxy) is 3. The number of carbonyl (C=O) groups excluding carboxylic acids is 1. The molecule has 166 valence electrons. The van der Waals surface area contributed by atoms with Gasteiger partial charge in [-0.2, -0.15) is 0 Å². The van der Waals surface area contributed by atoms with E-state index in [9.17, 15) is 9.90 Å². The molecule has 0 bridgehead atoms. The number of anilines is 1. The molecule has 0 spiro atoms. The maximum atomic E-state index is 12.5. The lowest BCUT2D eigenvalue weighted by atomic mass is 9.93. The summed E-state index contributed by atoms with van der Waals surface area (Å²) in [6, 6.07) is 9.05. The Labute approximate surface area is 186 Å².